The largest absolute Gasteiger partial charge is 0.333 e. The summed E-state index contributed by atoms with van der Waals surface area (Å²) >= 11 is 102. The maximum absolute atomic E-state index is 6.96. The lowest BCUT2D eigenvalue weighted by Crippen LogP contribution is -2.26. The highest BCUT2D eigenvalue weighted by Crippen LogP contribution is 2.52. The lowest BCUT2D eigenvalue weighted by atomic mass is 10.1. The summed E-state index contributed by atoms with van der Waals surface area (Å²) in [4.78, 5) is 31.6. The third kappa shape index (κ3) is 5.78. The number of amidine groups is 4. The van der Waals surface area contributed by atoms with E-state index >= 15 is 0 Å². The first-order valence-electron chi connectivity index (χ1n) is 15.6. The molecule has 290 valence electrons. The molecular weight excluding hydrogens is 1050 g/mol. The van der Waals surface area contributed by atoms with Crippen molar-refractivity contribution in [3.8, 4) is 0 Å². The van der Waals surface area contributed by atoms with E-state index < -0.39 is 12.3 Å². The number of rotatable bonds is 0. The average molecular weight is 1060 g/mol. The molecule has 4 aliphatic heterocycles. The number of nitrogens with zero attached hydrogens (tertiary/aromatic N) is 8. The van der Waals surface area contributed by atoms with Gasteiger partial charge in [-0.25, -0.2) is 30.0 Å². The topological polar surface area (TPSA) is 82.3 Å². The van der Waals surface area contributed by atoms with Crippen LogP contribution < -0.4 is 11.0 Å². The first-order valence-corrected chi connectivity index (χ1v) is 21.3. The molecule has 5 heterocycles. The van der Waals surface area contributed by atoms with Crippen LogP contribution in [0.3, 0.4) is 0 Å². The predicted molar refractivity (Wildman–Crippen MR) is 239 cm³/mol. The molecule has 5 aromatic rings. The molecule has 4 aliphatic rings. The highest BCUT2D eigenvalue weighted by atomic mass is 35.5. The van der Waals surface area contributed by atoms with E-state index in [1.807, 2.05) is 0 Å². The Bertz CT molecular complexity index is 3080. The van der Waals surface area contributed by atoms with E-state index in [1.165, 1.54) is 6.07 Å². The number of fused-ring (bicyclic) bond motifs is 18. The zero-order valence-electron chi connectivity index (χ0n) is 27.5. The fourth-order valence-corrected chi connectivity index (χ4v) is 10.9. The Labute approximate surface area is 395 Å². The van der Waals surface area contributed by atoms with Crippen LogP contribution in [0, 0.1) is 0 Å². The van der Waals surface area contributed by atoms with Crippen LogP contribution in [0.2, 0.25) is 75.3 Å². The van der Waals surface area contributed by atoms with Crippen molar-refractivity contribution in [1.82, 2.24) is 9.47 Å². The molecule has 2 atom stereocenters. The van der Waals surface area contributed by atoms with Crippen LogP contribution in [-0.2, 0) is 7.05 Å². The van der Waals surface area contributed by atoms with Gasteiger partial charge in [0, 0.05) is 36.3 Å². The SMILES string of the molecule is CN1/C2=N\C3N=C(N=c4c5c(Cl)c(Cl)c(Cl)c(Cl)c5c(n4C)=NC4=N/C(=N\C1c1c(Cl)c(Cl)c(Cl)c(Cl)c12)c1c(Cl)c(Cl)c(Cl)c(Cl)c14)c1c(Cl)c(Cl)cc(Cl)c13. The van der Waals surface area contributed by atoms with Gasteiger partial charge in [-0.2, -0.15) is 0 Å². The van der Waals surface area contributed by atoms with Gasteiger partial charge in [-0.15, -0.1) is 0 Å². The summed E-state index contributed by atoms with van der Waals surface area (Å²) in [6.07, 6.45) is -2.13. The van der Waals surface area contributed by atoms with Gasteiger partial charge in [0.15, 0.2) is 29.8 Å². The van der Waals surface area contributed by atoms with Crippen molar-refractivity contribution in [3.05, 3.63) is 126 Å². The average Bonchev–Trinajstić information content (AvgIpc) is 3.88. The second-order valence-electron chi connectivity index (χ2n) is 12.6. The van der Waals surface area contributed by atoms with Gasteiger partial charge in [0.05, 0.1) is 97.2 Å². The van der Waals surface area contributed by atoms with E-state index in [4.69, 9.17) is 204 Å². The van der Waals surface area contributed by atoms with Gasteiger partial charge >= 0.3 is 0 Å². The Morgan fingerprint density at radius 2 is 0.895 bits per heavy atom. The number of hydrogen-bond donors (Lipinski definition) is 0. The van der Waals surface area contributed by atoms with Crippen molar-refractivity contribution in [2.75, 3.05) is 7.05 Å². The maximum atomic E-state index is 6.96. The number of halogens is 15. The van der Waals surface area contributed by atoms with E-state index in [1.54, 1.807) is 23.6 Å². The number of benzene rings is 4. The molecule has 0 amide bonds. The van der Waals surface area contributed by atoms with Gasteiger partial charge in [-0.1, -0.05) is 174 Å². The molecule has 9 rings (SSSR count). The van der Waals surface area contributed by atoms with Crippen LogP contribution in [-0.4, -0.2) is 39.9 Å². The van der Waals surface area contributed by atoms with Gasteiger partial charge in [-0.05, 0) is 6.07 Å². The number of hydrogen-bond acceptors (Lipinski definition) is 7. The molecule has 23 heteroatoms. The molecule has 0 saturated heterocycles. The third-order valence-corrected chi connectivity index (χ3v) is 16.1. The normalized spacial score (nSPS) is 19.7. The maximum Gasteiger partial charge on any atom is 0.172 e. The van der Waals surface area contributed by atoms with Crippen LogP contribution in [0.25, 0.3) is 10.8 Å². The quantitative estimate of drug-likeness (QED) is 0.112. The molecular formula is C34H9Cl15N8. The Kier molecular flexibility index (Phi) is 10.5. The summed E-state index contributed by atoms with van der Waals surface area (Å²) < 4.78 is 1.57. The summed E-state index contributed by atoms with van der Waals surface area (Å²) in [6.45, 7) is 0. The van der Waals surface area contributed by atoms with Gasteiger partial charge in [-0.3, -0.25) is 0 Å². The van der Waals surface area contributed by atoms with Gasteiger partial charge in [0.2, 0.25) is 0 Å². The highest BCUT2D eigenvalue weighted by molar-refractivity contribution is 6.57. The first-order chi connectivity index (χ1) is 26.9. The first kappa shape index (κ1) is 41.2. The molecule has 0 radical (unpaired) electrons. The Balaban J connectivity index is 1.52. The Morgan fingerprint density at radius 1 is 0.421 bits per heavy atom. The van der Waals surface area contributed by atoms with Crippen molar-refractivity contribution < 1.29 is 0 Å². The summed E-state index contributed by atoms with van der Waals surface area (Å²) in [5, 5.41) is 0.688. The van der Waals surface area contributed by atoms with Crippen LogP contribution in [0.1, 0.15) is 45.7 Å². The molecule has 0 fully saturated rings. The molecule has 2 unspecified atom stereocenters. The molecule has 0 spiro atoms. The molecule has 1 aromatic heterocycles. The highest BCUT2D eigenvalue weighted by Gasteiger charge is 2.43. The molecule has 0 N–H and O–H groups in total. The minimum atomic E-state index is -1.10. The fourth-order valence-electron chi connectivity index (χ4n) is 7.03. The van der Waals surface area contributed by atoms with Gasteiger partial charge in [0.1, 0.15) is 16.8 Å². The zero-order chi connectivity index (χ0) is 41.0. The van der Waals surface area contributed by atoms with Crippen molar-refractivity contribution in [2.45, 2.75) is 12.3 Å². The molecule has 0 aliphatic carbocycles. The van der Waals surface area contributed by atoms with Crippen LogP contribution in [0.5, 0.6) is 0 Å². The van der Waals surface area contributed by atoms with E-state index in [0.29, 0.717) is 16.7 Å². The molecule has 4 aromatic carbocycles. The van der Waals surface area contributed by atoms with Crippen molar-refractivity contribution >= 4 is 208 Å². The fraction of sp³-hybridized carbons (Fsp3) is 0.118. The summed E-state index contributed by atoms with van der Waals surface area (Å²) in [6, 6.07) is 1.48. The smallest absolute Gasteiger partial charge is 0.172 e. The van der Waals surface area contributed by atoms with E-state index in [-0.39, 0.29) is 137 Å². The summed E-state index contributed by atoms with van der Waals surface area (Å²) in [7, 11) is 3.34. The molecule has 8 bridgehead atoms. The minimum Gasteiger partial charge on any atom is -0.333 e. The summed E-state index contributed by atoms with van der Waals surface area (Å²) in [5.74, 6) is 0.303. The van der Waals surface area contributed by atoms with Crippen molar-refractivity contribution in [1.29, 1.82) is 0 Å². The Morgan fingerprint density at radius 3 is 1.47 bits per heavy atom. The van der Waals surface area contributed by atoms with Gasteiger partial charge < -0.3 is 9.47 Å². The van der Waals surface area contributed by atoms with Crippen molar-refractivity contribution in [3.63, 3.8) is 0 Å². The Hall–Kier alpha value is -1.15. The standard InChI is InChI=1S/C34H9Cl15N8/c1-56-31-10-11(18(41)24(47)23(46)17(10)40)33(56)54-29-8-9(16(39)22(45)21(44)15(8)38)30(51-29)55-34-13-12(19(42)25(48)26(49)20(13)43)32(57(34)2)53-28-7-6(27(50-28)52-31)4(35)3-5(36)14(7)37/h3,27,33H,1-2H3/b52-31-,53-32?,54-29-,55-34?. The number of aromatic nitrogens is 1. The van der Waals surface area contributed by atoms with Crippen LogP contribution in [0.15, 0.2) is 36.0 Å². The van der Waals surface area contributed by atoms with E-state index in [0.717, 1.165) is 0 Å². The predicted octanol–water partition coefficient (Wildman–Crippen LogP) is 14.3. The second-order valence-corrected chi connectivity index (χ2v) is 18.3. The zero-order valence-corrected chi connectivity index (χ0v) is 38.8. The molecule has 8 nitrogen and oxygen atoms in total. The number of aliphatic imine (C=N–C) groups is 4. The van der Waals surface area contributed by atoms with Crippen LogP contribution in [0.4, 0.5) is 0 Å². The molecule has 0 saturated carbocycles. The lowest BCUT2D eigenvalue weighted by molar-refractivity contribution is 0.406. The molecule has 57 heavy (non-hydrogen) atoms. The van der Waals surface area contributed by atoms with E-state index in [2.05, 4.69) is 0 Å². The van der Waals surface area contributed by atoms with Crippen LogP contribution >= 0.6 is 174 Å². The minimum absolute atomic E-state index is 0.000484. The second kappa shape index (κ2) is 14.5. The van der Waals surface area contributed by atoms with Crippen molar-refractivity contribution in [2.24, 2.45) is 37.0 Å². The monoisotopic (exact) mass is 1050 g/mol. The summed E-state index contributed by atoms with van der Waals surface area (Å²) in [5.41, 5.74) is 1.98. The van der Waals surface area contributed by atoms with E-state index in [9.17, 15) is 0 Å². The van der Waals surface area contributed by atoms with Gasteiger partial charge in [0.25, 0.3) is 0 Å². The third-order valence-electron chi connectivity index (χ3n) is 9.61. The lowest BCUT2D eigenvalue weighted by Gasteiger charge is -2.21.